The van der Waals surface area contributed by atoms with Crippen molar-refractivity contribution in [1.82, 2.24) is 0 Å². The highest BCUT2D eigenvalue weighted by atomic mass is 16.5. The number of carboxylic acid groups (broad SMARTS) is 1. The van der Waals surface area contributed by atoms with Crippen LogP contribution in [0.25, 0.3) is 0 Å². The normalized spacial score (nSPS) is 17.4. The van der Waals surface area contributed by atoms with Gasteiger partial charge < -0.3 is 15.6 Å². The molecule has 1 aromatic carbocycles. The first-order valence-electron chi connectivity index (χ1n) is 6.76. The molecule has 1 fully saturated rings. The zero-order chi connectivity index (χ0) is 14.0. The van der Waals surface area contributed by atoms with Gasteiger partial charge in [-0.05, 0) is 50.7 Å². The van der Waals surface area contributed by atoms with Gasteiger partial charge in [-0.1, -0.05) is 12.1 Å². The van der Waals surface area contributed by atoms with Crippen molar-refractivity contribution in [2.24, 2.45) is 5.73 Å². The Balaban J connectivity index is 2.36. The summed E-state index contributed by atoms with van der Waals surface area (Å²) in [5.41, 5.74) is 8.40. The molecule has 1 aliphatic carbocycles. The summed E-state index contributed by atoms with van der Waals surface area (Å²) < 4.78 is 6.05. The number of aliphatic carboxylic acids is 1. The van der Waals surface area contributed by atoms with E-state index >= 15 is 0 Å². The van der Waals surface area contributed by atoms with E-state index in [2.05, 4.69) is 0 Å². The third-order valence-corrected chi connectivity index (χ3v) is 3.90. The Morgan fingerprint density at radius 3 is 2.58 bits per heavy atom. The van der Waals surface area contributed by atoms with Crippen LogP contribution in [0.15, 0.2) is 12.1 Å². The zero-order valence-electron chi connectivity index (χ0n) is 11.5. The predicted molar refractivity (Wildman–Crippen MR) is 73.4 cm³/mol. The van der Waals surface area contributed by atoms with Crippen LogP contribution in [-0.4, -0.2) is 17.2 Å². The molecule has 2 rings (SSSR count). The third kappa shape index (κ3) is 2.89. The summed E-state index contributed by atoms with van der Waals surface area (Å²) >= 11 is 0. The summed E-state index contributed by atoms with van der Waals surface area (Å²) in [7, 11) is 0. The van der Waals surface area contributed by atoms with Crippen molar-refractivity contribution in [3.63, 3.8) is 0 Å². The second-order valence-electron chi connectivity index (χ2n) is 5.27. The van der Waals surface area contributed by atoms with Crippen molar-refractivity contribution in [2.75, 3.05) is 0 Å². The van der Waals surface area contributed by atoms with Gasteiger partial charge in [0.15, 0.2) is 0 Å². The van der Waals surface area contributed by atoms with Crippen molar-refractivity contribution >= 4 is 5.97 Å². The fraction of sp³-hybridized carbons (Fsp3) is 0.533. The van der Waals surface area contributed by atoms with Crippen LogP contribution in [0.5, 0.6) is 5.75 Å². The molecule has 0 saturated heterocycles. The fourth-order valence-electron chi connectivity index (χ4n) is 2.52. The molecule has 1 unspecified atom stereocenters. The topological polar surface area (TPSA) is 72.6 Å². The summed E-state index contributed by atoms with van der Waals surface area (Å²) in [6.45, 7) is 3.95. The number of hydrogen-bond acceptors (Lipinski definition) is 3. The van der Waals surface area contributed by atoms with E-state index in [4.69, 9.17) is 15.6 Å². The van der Waals surface area contributed by atoms with Gasteiger partial charge in [0.1, 0.15) is 11.8 Å². The first-order chi connectivity index (χ1) is 9.00. The van der Waals surface area contributed by atoms with E-state index in [1.165, 1.54) is 12.8 Å². The number of carboxylic acids is 1. The van der Waals surface area contributed by atoms with Gasteiger partial charge in [-0.2, -0.15) is 0 Å². The fourth-order valence-corrected chi connectivity index (χ4v) is 2.52. The van der Waals surface area contributed by atoms with E-state index in [1.54, 1.807) is 6.07 Å². The molecule has 0 aliphatic heterocycles. The molecule has 1 atom stereocenters. The highest BCUT2D eigenvalue weighted by molar-refractivity contribution is 5.76. The van der Waals surface area contributed by atoms with Gasteiger partial charge in [-0.25, -0.2) is 0 Å². The Bertz CT molecular complexity index is 479. The van der Waals surface area contributed by atoms with Crippen molar-refractivity contribution in [1.29, 1.82) is 0 Å². The maximum absolute atomic E-state index is 11.1. The van der Waals surface area contributed by atoms with E-state index in [-0.39, 0.29) is 6.10 Å². The van der Waals surface area contributed by atoms with Gasteiger partial charge in [0.2, 0.25) is 0 Å². The molecule has 0 heterocycles. The molecule has 4 heteroatoms. The van der Waals surface area contributed by atoms with Gasteiger partial charge in [0.05, 0.1) is 6.10 Å². The zero-order valence-corrected chi connectivity index (χ0v) is 11.5. The Kier molecular flexibility index (Phi) is 4.10. The Labute approximate surface area is 113 Å². The molecule has 104 valence electrons. The first-order valence-corrected chi connectivity index (χ1v) is 6.76. The minimum absolute atomic E-state index is 0.195. The number of nitrogens with two attached hydrogens (primary N) is 1. The highest BCUT2D eigenvalue weighted by Crippen LogP contribution is 2.34. The lowest BCUT2D eigenvalue weighted by molar-refractivity contribution is -0.138. The van der Waals surface area contributed by atoms with Crippen LogP contribution in [0.1, 0.15) is 48.4 Å². The second kappa shape index (κ2) is 5.61. The van der Waals surface area contributed by atoms with Gasteiger partial charge in [-0.3, -0.25) is 4.79 Å². The smallest absolute Gasteiger partial charge is 0.325 e. The maximum Gasteiger partial charge on any atom is 0.325 e. The standard InChI is InChI=1S/C15H21NO3/c1-9-7-8-12(13(16)15(17)18)14(10(9)2)19-11-5-3-4-6-11/h7-8,11,13H,3-6,16H2,1-2H3,(H,17,18). The third-order valence-electron chi connectivity index (χ3n) is 3.90. The lowest BCUT2D eigenvalue weighted by Crippen LogP contribution is -2.23. The predicted octanol–water partition coefficient (Wildman–Crippen LogP) is 2.71. The quantitative estimate of drug-likeness (QED) is 0.876. The Morgan fingerprint density at radius 1 is 1.37 bits per heavy atom. The van der Waals surface area contributed by atoms with Crippen molar-refractivity contribution in [2.45, 2.75) is 51.7 Å². The first kappa shape index (κ1) is 13.9. The van der Waals surface area contributed by atoms with E-state index < -0.39 is 12.0 Å². The summed E-state index contributed by atoms with van der Waals surface area (Å²) in [6.07, 6.45) is 4.62. The molecule has 0 radical (unpaired) electrons. The molecule has 1 aliphatic rings. The molecular weight excluding hydrogens is 242 g/mol. The number of benzene rings is 1. The Hall–Kier alpha value is -1.55. The van der Waals surface area contributed by atoms with Crippen LogP contribution in [0, 0.1) is 13.8 Å². The average Bonchev–Trinajstić information content (AvgIpc) is 2.87. The van der Waals surface area contributed by atoms with E-state index in [0.717, 1.165) is 24.0 Å². The van der Waals surface area contributed by atoms with E-state index in [9.17, 15) is 4.79 Å². The number of aryl methyl sites for hydroxylation is 1. The van der Waals surface area contributed by atoms with Crippen molar-refractivity contribution in [3.05, 3.63) is 28.8 Å². The summed E-state index contributed by atoms with van der Waals surface area (Å²) in [4.78, 5) is 11.1. The molecule has 0 aromatic heterocycles. The largest absolute Gasteiger partial charge is 0.490 e. The van der Waals surface area contributed by atoms with E-state index in [1.807, 2.05) is 19.9 Å². The van der Waals surface area contributed by atoms with Gasteiger partial charge >= 0.3 is 5.97 Å². The van der Waals surface area contributed by atoms with Crippen LogP contribution in [0.2, 0.25) is 0 Å². The minimum atomic E-state index is -1.03. The molecule has 0 amide bonds. The van der Waals surface area contributed by atoms with Crippen molar-refractivity contribution in [3.8, 4) is 5.75 Å². The lowest BCUT2D eigenvalue weighted by atomic mass is 9.99. The van der Waals surface area contributed by atoms with Crippen LogP contribution in [-0.2, 0) is 4.79 Å². The van der Waals surface area contributed by atoms with Crippen molar-refractivity contribution < 1.29 is 14.6 Å². The highest BCUT2D eigenvalue weighted by Gasteiger charge is 2.24. The SMILES string of the molecule is Cc1ccc(C(N)C(=O)O)c(OC2CCCC2)c1C. The maximum atomic E-state index is 11.1. The molecule has 1 saturated carbocycles. The molecule has 0 bridgehead atoms. The molecular formula is C15H21NO3. The summed E-state index contributed by atoms with van der Waals surface area (Å²) in [5.74, 6) is -0.360. The molecule has 0 spiro atoms. The van der Waals surface area contributed by atoms with E-state index in [0.29, 0.717) is 11.3 Å². The van der Waals surface area contributed by atoms with Gasteiger partial charge in [-0.15, -0.1) is 0 Å². The average molecular weight is 263 g/mol. The summed E-state index contributed by atoms with van der Waals surface area (Å²) in [6, 6.07) is 2.64. The second-order valence-corrected chi connectivity index (χ2v) is 5.27. The Morgan fingerprint density at radius 2 is 2.00 bits per heavy atom. The number of carbonyl (C=O) groups is 1. The lowest BCUT2D eigenvalue weighted by Gasteiger charge is -2.21. The number of hydrogen-bond donors (Lipinski definition) is 2. The molecule has 1 aromatic rings. The van der Waals surface area contributed by atoms with Gasteiger partial charge in [0.25, 0.3) is 0 Å². The molecule has 4 nitrogen and oxygen atoms in total. The monoisotopic (exact) mass is 263 g/mol. The summed E-state index contributed by atoms with van der Waals surface area (Å²) in [5, 5.41) is 9.10. The van der Waals surface area contributed by atoms with Crippen LogP contribution < -0.4 is 10.5 Å². The number of ether oxygens (including phenoxy) is 1. The number of rotatable bonds is 4. The van der Waals surface area contributed by atoms with Crippen LogP contribution in [0.4, 0.5) is 0 Å². The van der Waals surface area contributed by atoms with Gasteiger partial charge in [0, 0.05) is 5.56 Å². The molecule has 3 N–H and O–H groups in total. The minimum Gasteiger partial charge on any atom is -0.490 e. The van der Waals surface area contributed by atoms with Crippen LogP contribution >= 0.6 is 0 Å². The molecule has 19 heavy (non-hydrogen) atoms. The van der Waals surface area contributed by atoms with Crippen LogP contribution in [0.3, 0.4) is 0 Å².